The van der Waals surface area contributed by atoms with Crippen LogP contribution in [0.4, 0.5) is 0 Å². The van der Waals surface area contributed by atoms with Crippen molar-refractivity contribution >= 4 is 5.91 Å². The van der Waals surface area contributed by atoms with E-state index in [0.29, 0.717) is 25.5 Å². The molecule has 1 amide bonds. The highest BCUT2D eigenvalue weighted by Crippen LogP contribution is 2.28. The fourth-order valence-electron chi connectivity index (χ4n) is 1.16. The van der Waals surface area contributed by atoms with Gasteiger partial charge in [0.25, 0.3) is 0 Å². The molecule has 1 aliphatic carbocycles. The Bertz CT molecular complexity index is 233. The molecule has 1 aliphatic heterocycles. The molecule has 0 aromatic rings. The van der Waals surface area contributed by atoms with Crippen molar-refractivity contribution in [2.75, 3.05) is 19.8 Å². The summed E-state index contributed by atoms with van der Waals surface area (Å²) in [5.41, 5.74) is 0. The van der Waals surface area contributed by atoms with E-state index in [-0.39, 0.29) is 11.8 Å². The van der Waals surface area contributed by atoms with Gasteiger partial charge in [0.15, 0.2) is 0 Å². The number of rotatable bonds is 3. The van der Waals surface area contributed by atoms with Crippen molar-refractivity contribution in [3.05, 3.63) is 12.0 Å². The molecule has 1 heterocycles. The number of nitrogens with one attached hydrogen (secondary N) is 1. The minimum Gasteiger partial charge on any atom is -0.494 e. The molecule has 72 valence electrons. The normalized spacial score (nSPS) is 21.1. The molecule has 4 nitrogen and oxygen atoms in total. The molecule has 0 aromatic carbocycles. The molecule has 0 bridgehead atoms. The molecular formula is C9H13NO3. The number of carbonyl (C=O) groups excluding carboxylic acids is 1. The van der Waals surface area contributed by atoms with Crippen LogP contribution >= 0.6 is 0 Å². The van der Waals surface area contributed by atoms with Crippen LogP contribution in [-0.2, 0) is 14.3 Å². The third kappa shape index (κ3) is 2.37. The number of carbonyl (C=O) groups is 1. The fourth-order valence-corrected chi connectivity index (χ4v) is 1.16. The fraction of sp³-hybridized carbons (Fsp3) is 0.667. The Morgan fingerprint density at radius 2 is 2.38 bits per heavy atom. The van der Waals surface area contributed by atoms with Gasteiger partial charge in [-0.2, -0.15) is 0 Å². The number of ether oxygens (including phenoxy) is 2. The SMILES string of the molecule is O=C(NCC1=COCCO1)C1CC1. The van der Waals surface area contributed by atoms with Crippen molar-refractivity contribution in [1.82, 2.24) is 5.32 Å². The van der Waals surface area contributed by atoms with Crippen molar-refractivity contribution in [1.29, 1.82) is 0 Å². The lowest BCUT2D eigenvalue weighted by atomic mass is 10.4. The molecule has 13 heavy (non-hydrogen) atoms. The van der Waals surface area contributed by atoms with E-state index in [2.05, 4.69) is 5.32 Å². The molecule has 0 spiro atoms. The van der Waals surface area contributed by atoms with Gasteiger partial charge in [0, 0.05) is 5.92 Å². The second kappa shape index (κ2) is 3.68. The second-order valence-electron chi connectivity index (χ2n) is 3.30. The van der Waals surface area contributed by atoms with E-state index >= 15 is 0 Å². The van der Waals surface area contributed by atoms with Crippen molar-refractivity contribution in [3.8, 4) is 0 Å². The predicted octanol–water partition coefficient (Wildman–Crippen LogP) is 0.401. The van der Waals surface area contributed by atoms with Gasteiger partial charge in [0.2, 0.25) is 5.91 Å². The Morgan fingerprint density at radius 1 is 1.54 bits per heavy atom. The van der Waals surface area contributed by atoms with Gasteiger partial charge >= 0.3 is 0 Å². The summed E-state index contributed by atoms with van der Waals surface area (Å²) >= 11 is 0. The van der Waals surface area contributed by atoms with E-state index < -0.39 is 0 Å². The quantitative estimate of drug-likeness (QED) is 0.689. The highest BCUT2D eigenvalue weighted by atomic mass is 16.6. The average molecular weight is 183 g/mol. The zero-order valence-electron chi connectivity index (χ0n) is 7.41. The monoisotopic (exact) mass is 183 g/mol. The molecule has 0 unspecified atom stereocenters. The van der Waals surface area contributed by atoms with E-state index in [1.54, 1.807) is 6.26 Å². The van der Waals surface area contributed by atoms with Gasteiger partial charge in [-0.15, -0.1) is 0 Å². The minimum absolute atomic E-state index is 0.134. The molecule has 0 atom stereocenters. The molecule has 2 aliphatic rings. The molecule has 1 N–H and O–H groups in total. The van der Waals surface area contributed by atoms with Gasteiger partial charge < -0.3 is 14.8 Å². The number of amides is 1. The zero-order chi connectivity index (χ0) is 9.10. The largest absolute Gasteiger partial charge is 0.494 e. The lowest BCUT2D eigenvalue weighted by molar-refractivity contribution is -0.122. The van der Waals surface area contributed by atoms with Gasteiger partial charge in [-0.05, 0) is 12.8 Å². The summed E-state index contributed by atoms with van der Waals surface area (Å²) in [6.45, 7) is 1.63. The molecule has 4 heteroatoms. The molecular weight excluding hydrogens is 170 g/mol. The smallest absolute Gasteiger partial charge is 0.223 e. The van der Waals surface area contributed by atoms with E-state index in [1.165, 1.54) is 0 Å². The summed E-state index contributed by atoms with van der Waals surface area (Å²) in [7, 11) is 0. The summed E-state index contributed by atoms with van der Waals surface area (Å²) in [6, 6.07) is 0. The summed E-state index contributed by atoms with van der Waals surface area (Å²) in [5.74, 6) is 1.10. The highest BCUT2D eigenvalue weighted by Gasteiger charge is 2.29. The van der Waals surface area contributed by atoms with Crippen LogP contribution in [0.25, 0.3) is 0 Å². The average Bonchev–Trinajstić information content (AvgIpc) is 2.99. The molecule has 1 saturated carbocycles. The molecule has 0 aromatic heterocycles. The molecule has 1 fully saturated rings. The summed E-state index contributed by atoms with van der Waals surface area (Å²) < 4.78 is 10.3. The Morgan fingerprint density at radius 3 is 3.00 bits per heavy atom. The van der Waals surface area contributed by atoms with Crippen LogP contribution in [-0.4, -0.2) is 25.7 Å². The Balaban J connectivity index is 1.71. The van der Waals surface area contributed by atoms with Crippen LogP contribution in [0.1, 0.15) is 12.8 Å². The predicted molar refractivity (Wildman–Crippen MR) is 45.7 cm³/mol. The molecule has 0 saturated heterocycles. The maximum Gasteiger partial charge on any atom is 0.223 e. The van der Waals surface area contributed by atoms with Crippen LogP contribution in [0.2, 0.25) is 0 Å². The van der Waals surface area contributed by atoms with E-state index in [9.17, 15) is 4.79 Å². The maximum absolute atomic E-state index is 11.2. The third-order valence-corrected chi connectivity index (χ3v) is 2.09. The van der Waals surface area contributed by atoms with Crippen LogP contribution in [0.15, 0.2) is 12.0 Å². The van der Waals surface area contributed by atoms with Crippen LogP contribution in [0, 0.1) is 5.92 Å². The highest BCUT2D eigenvalue weighted by molar-refractivity contribution is 5.80. The Labute approximate surface area is 76.9 Å². The van der Waals surface area contributed by atoms with Gasteiger partial charge in [0.1, 0.15) is 25.2 Å². The molecule has 0 radical (unpaired) electrons. The molecule has 2 rings (SSSR count). The van der Waals surface area contributed by atoms with E-state index in [4.69, 9.17) is 9.47 Å². The van der Waals surface area contributed by atoms with Gasteiger partial charge in [-0.3, -0.25) is 4.79 Å². The first kappa shape index (κ1) is 8.41. The van der Waals surface area contributed by atoms with Gasteiger partial charge in [0.05, 0.1) is 6.54 Å². The minimum atomic E-state index is 0.134. The van der Waals surface area contributed by atoms with E-state index in [0.717, 1.165) is 12.8 Å². The number of hydrogen-bond acceptors (Lipinski definition) is 3. The lowest BCUT2D eigenvalue weighted by Crippen LogP contribution is -2.28. The first-order chi connectivity index (χ1) is 6.36. The summed E-state index contributed by atoms with van der Waals surface area (Å²) in [5, 5.41) is 2.80. The third-order valence-electron chi connectivity index (χ3n) is 2.09. The van der Waals surface area contributed by atoms with Crippen molar-refractivity contribution < 1.29 is 14.3 Å². The van der Waals surface area contributed by atoms with Crippen molar-refractivity contribution in [2.45, 2.75) is 12.8 Å². The number of hydrogen-bond donors (Lipinski definition) is 1. The topological polar surface area (TPSA) is 47.6 Å². The van der Waals surface area contributed by atoms with Crippen LogP contribution in [0.5, 0.6) is 0 Å². The zero-order valence-corrected chi connectivity index (χ0v) is 7.41. The summed E-state index contributed by atoms with van der Waals surface area (Å²) in [6.07, 6.45) is 3.63. The van der Waals surface area contributed by atoms with E-state index in [1.807, 2.05) is 0 Å². The standard InChI is InChI=1S/C9H13NO3/c11-9(7-1-2-7)10-5-8-6-12-3-4-13-8/h6-7H,1-5H2,(H,10,11). The Kier molecular flexibility index (Phi) is 2.38. The van der Waals surface area contributed by atoms with Gasteiger partial charge in [-0.1, -0.05) is 0 Å². The lowest BCUT2D eigenvalue weighted by Gasteiger charge is -2.15. The summed E-state index contributed by atoms with van der Waals surface area (Å²) in [4.78, 5) is 11.2. The second-order valence-corrected chi connectivity index (χ2v) is 3.30. The van der Waals surface area contributed by atoms with Crippen molar-refractivity contribution in [2.24, 2.45) is 5.92 Å². The maximum atomic E-state index is 11.2. The van der Waals surface area contributed by atoms with Gasteiger partial charge in [-0.25, -0.2) is 0 Å². The first-order valence-corrected chi connectivity index (χ1v) is 4.57. The van der Waals surface area contributed by atoms with Crippen LogP contribution in [0.3, 0.4) is 0 Å². The van der Waals surface area contributed by atoms with Crippen LogP contribution < -0.4 is 5.32 Å². The first-order valence-electron chi connectivity index (χ1n) is 4.57. The van der Waals surface area contributed by atoms with Crippen molar-refractivity contribution in [3.63, 3.8) is 0 Å². The Hall–Kier alpha value is -1.19.